The molecule has 0 rings (SSSR count). The van der Waals surface area contributed by atoms with Crippen LogP contribution in [0.2, 0.25) is 0 Å². The molecule has 0 fully saturated rings. The molecule has 0 atom stereocenters. The average Bonchev–Trinajstić information content (AvgIpc) is 2.04. The molecule has 0 saturated carbocycles. The van der Waals surface area contributed by atoms with Crippen LogP contribution >= 0.6 is 0 Å². The molecule has 5 nitrogen and oxygen atoms in total. The lowest BCUT2D eigenvalue weighted by Crippen LogP contribution is -2.32. The standard InChI is InChI=1S/C7H16O5/c1-2-7(9,10)12-6-5-11-4-3-8/h8-10H,2-6H2,1H3. The summed E-state index contributed by atoms with van der Waals surface area (Å²) < 4.78 is 9.46. The molecule has 0 aliphatic rings. The Morgan fingerprint density at radius 2 is 1.83 bits per heavy atom. The van der Waals surface area contributed by atoms with Gasteiger partial charge in [0.05, 0.1) is 26.4 Å². The summed E-state index contributed by atoms with van der Waals surface area (Å²) in [4.78, 5) is 0. The Kier molecular flexibility index (Phi) is 6.23. The van der Waals surface area contributed by atoms with Crippen LogP contribution in [0.1, 0.15) is 13.3 Å². The van der Waals surface area contributed by atoms with Crippen LogP contribution in [-0.2, 0) is 9.47 Å². The third-order valence-electron chi connectivity index (χ3n) is 1.26. The van der Waals surface area contributed by atoms with Gasteiger partial charge < -0.3 is 24.8 Å². The number of ether oxygens (including phenoxy) is 2. The van der Waals surface area contributed by atoms with Crippen LogP contribution in [0, 0.1) is 0 Å². The molecular formula is C7H16O5. The Labute approximate surface area is 71.5 Å². The molecule has 0 aromatic rings. The van der Waals surface area contributed by atoms with Crippen LogP contribution in [0.15, 0.2) is 0 Å². The predicted octanol–water partition coefficient (Wildman–Crippen LogP) is -0.940. The van der Waals surface area contributed by atoms with E-state index < -0.39 is 5.97 Å². The Bertz CT molecular complexity index is 104. The fourth-order valence-corrected chi connectivity index (χ4v) is 0.533. The van der Waals surface area contributed by atoms with E-state index in [4.69, 9.17) is 20.1 Å². The molecule has 0 unspecified atom stereocenters. The normalized spacial score (nSPS) is 12.0. The lowest BCUT2D eigenvalue weighted by molar-refractivity contribution is -0.340. The molecule has 74 valence electrons. The highest BCUT2D eigenvalue weighted by molar-refractivity contribution is 4.44. The molecule has 0 aromatic heterocycles. The maximum Gasteiger partial charge on any atom is 0.277 e. The summed E-state index contributed by atoms with van der Waals surface area (Å²) in [6.45, 7) is 2.12. The molecule has 0 heterocycles. The summed E-state index contributed by atoms with van der Waals surface area (Å²) in [7, 11) is 0. The largest absolute Gasteiger partial charge is 0.394 e. The maximum absolute atomic E-state index is 8.91. The second-order valence-electron chi connectivity index (χ2n) is 2.28. The van der Waals surface area contributed by atoms with E-state index in [0.717, 1.165) is 0 Å². The Morgan fingerprint density at radius 3 is 2.33 bits per heavy atom. The van der Waals surface area contributed by atoms with Crippen molar-refractivity contribution in [1.82, 2.24) is 0 Å². The minimum absolute atomic E-state index is 0.0445. The SMILES string of the molecule is CCC(O)(O)OCCOCCO. The zero-order chi connectivity index (χ0) is 9.45. The van der Waals surface area contributed by atoms with Crippen molar-refractivity contribution in [2.45, 2.75) is 19.3 Å². The zero-order valence-corrected chi connectivity index (χ0v) is 7.19. The molecule has 0 bridgehead atoms. The fourth-order valence-electron chi connectivity index (χ4n) is 0.533. The second-order valence-corrected chi connectivity index (χ2v) is 2.28. The van der Waals surface area contributed by atoms with Gasteiger partial charge in [-0.15, -0.1) is 0 Å². The van der Waals surface area contributed by atoms with Gasteiger partial charge in [-0.25, -0.2) is 0 Å². The molecule has 3 N–H and O–H groups in total. The molecule has 0 aliphatic carbocycles. The van der Waals surface area contributed by atoms with Crippen molar-refractivity contribution in [2.75, 3.05) is 26.4 Å². The van der Waals surface area contributed by atoms with E-state index in [9.17, 15) is 0 Å². The molecular weight excluding hydrogens is 164 g/mol. The lowest BCUT2D eigenvalue weighted by atomic mass is 10.4. The van der Waals surface area contributed by atoms with Crippen LogP contribution in [0.3, 0.4) is 0 Å². The summed E-state index contributed by atoms with van der Waals surface area (Å²) >= 11 is 0. The van der Waals surface area contributed by atoms with Crippen LogP contribution in [-0.4, -0.2) is 47.7 Å². The van der Waals surface area contributed by atoms with Crippen molar-refractivity contribution >= 4 is 0 Å². The van der Waals surface area contributed by atoms with Crippen molar-refractivity contribution in [3.05, 3.63) is 0 Å². The first kappa shape index (κ1) is 11.8. The van der Waals surface area contributed by atoms with Crippen molar-refractivity contribution in [1.29, 1.82) is 0 Å². The minimum atomic E-state index is -2.05. The van der Waals surface area contributed by atoms with E-state index in [1.807, 2.05) is 0 Å². The van der Waals surface area contributed by atoms with E-state index in [2.05, 4.69) is 4.74 Å². The van der Waals surface area contributed by atoms with Gasteiger partial charge in [0.1, 0.15) is 0 Å². The predicted molar refractivity (Wildman–Crippen MR) is 41.3 cm³/mol. The summed E-state index contributed by atoms with van der Waals surface area (Å²) in [5.41, 5.74) is 0. The number of aliphatic hydroxyl groups excluding tert-OH is 1. The second kappa shape index (κ2) is 6.33. The molecule has 0 amide bonds. The molecule has 0 aromatic carbocycles. The van der Waals surface area contributed by atoms with Crippen molar-refractivity contribution in [3.63, 3.8) is 0 Å². The highest BCUT2D eigenvalue weighted by Crippen LogP contribution is 2.05. The highest BCUT2D eigenvalue weighted by atomic mass is 16.8. The van der Waals surface area contributed by atoms with Gasteiger partial charge in [-0.05, 0) is 0 Å². The monoisotopic (exact) mass is 180 g/mol. The van der Waals surface area contributed by atoms with Gasteiger partial charge in [0.15, 0.2) is 0 Å². The lowest BCUT2D eigenvalue weighted by Gasteiger charge is -2.19. The maximum atomic E-state index is 8.91. The van der Waals surface area contributed by atoms with Gasteiger partial charge >= 0.3 is 0 Å². The van der Waals surface area contributed by atoms with Crippen LogP contribution in [0.4, 0.5) is 0 Å². The average molecular weight is 180 g/mol. The van der Waals surface area contributed by atoms with E-state index in [1.165, 1.54) is 0 Å². The van der Waals surface area contributed by atoms with Crippen LogP contribution < -0.4 is 0 Å². The van der Waals surface area contributed by atoms with Crippen molar-refractivity contribution < 1.29 is 24.8 Å². The van der Waals surface area contributed by atoms with Gasteiger partial charge in [0.25, 0.3) is 5.97 Å². The summed E-state index contributed by atoms with van der Waals surface area (Å²) in [5, 5.41) is 26.1. The summed E-state index contributed by atoms with van der Waals surface area (Å²) in [6.07, 6.45) is 0.104. The van der Waals surface area contributed by atoms with E-state index in [0.29, 0.717) is 0 Å². The van der Waals surface area contributed by atoms with Gasteiger partial charge in [-0.2, -0.15) is 0 Å². The van der Waals surface area contributed by atoms with Gasteiger partial charge in [-0.1, -0.05) is 6.92 Å². The summed E-state index contributed by atoms with van der Waals surface area (Å²) in [6, 6.07) is 0. The van der Waals surface area contributed by atoms with Gasteiger partial charge in [0, 0.05) is 6.42 Å². The molecule has 0 aliphatic heterocycles. The Balaban J connectivity index is 3.19. The minimum Gasteiger partial charge on any atom is -0.394 e. The first-order chi connectivity index (χ1) is 5.62. The first-order valence-electron chi connectivity index (χ1n) is 3.89. The van der Waals surface area contributed by atoms with E-state index in [1.54, 1.807) is 6.92 Å². The van der Waals surface area contributed by atoms with Crippen molar-refractivity contribution in [3.8, 4) is 0 Å². The molecule has 0 saturated heterocycles. The Hall–Kier alpha value is -0.200. The molecule has 0 radical (unpaired) electrons. The van der Waals surface area contributed by atoms with E-state index in [-0.39, 0.29) is 32.8 Å². The molecule has 12 heavy (non-hydrogen) atoms. The molecule has 0 spiro atoms. The fraction of sp³-hybridized carbons (Fsp3) is 1.00. The quantitative estimate of drug-likeness (QED) is 0.348. The highest BCUT2D eigenvalue weighted by Gasteiger charge is 2.19. The Morgan fingerprint density at radius 1 is 1.17 bits per heavy atom. The third-order valence-corrected chi connectivity index (χ3v) is 1.26. The van der Waals surface area contributed by atoms with E-state index >= 15 is 0 Å². The summed E-state index contributed by atoms with van der Waals surface area (Å²) in [5.74, 6) is -2.05. The number of hydrogen-bond acceptors (Lipinski definition) is 5. The zero-order valence-electron chi connectivity index (χ0n) is 7.19. The smallest absolute Gasteiger partial charge is 0.277 e. The first-order valence-corrected chi connectivity index (χ1v) is 3.89. The van der Waals surface area contributed by atoms with Gasteiger partial charge in [-0.3, -0.25) is 0 Å². The number of hydrogen-bond donors (Lipinski definition) is 3. The third kappa shape index (κ3) is 6.51. The van der Waals surface area contributed by atoms with Crippen LogP contribution in [0.5, 0.6) is 0 Å². The van der Waals surface area contributed by atoms with Crippen LogP contribution in [0.25, 0.3) is 0 Å². The topological polar surface area (TPSA) is 79.2 Å². The molecule has 5 heteroatoms. The number of aliphatic hydroxyl groups is 3. The van der Waals surface area contributed by atoms with Crippen molar-refractivity contribution in [2.24, 2.45) is 0 Å². The number of rotatable bonds is 7. The van der Waals surface area contributed by atoms with Gasteiger partial charge in [0.2, 0.25) is 0 Å².